The van der Waals surface area contributed by atoms with Gasteiger partial charge in [0.2, 0.25) is 0 Å². The van der Waals surface area contributed by atoms with Gasteiger partial charge in [-0.05, 0) is 55.2 Å². The molecule has 0 bridgehead atoms. The van der Waals surface area contributed by atoms with Crippen LogP contribution in [-0.2, 0) is 19.5 Å². The number of pyridine rings is 1. The van der Waals surface area contributed by atoms with Gasteiger partial charge in [-0.25, -0.2) is 15.0 Å². The van der Waals surface area contributed by atoms with Crippen molar-refractivity contribution in [2.24, 2.45) is 0 Å². The van der Waals surface area contributed by atoms with E-state index in [-0.39, 0.29) is 0 Å². The number of halogens is 1. The second-order valence-electron chi connectivity index (χ2n) is 8.21. The van der Waals surface area contributed by atoms with Crippen LogP contribution >= 0.6 is 11.6 Å². The minimum atomic E-state index is 0.728. The monoisotopic (exact) mass is 419 g/mol. The highest BCUT2D eigenvalue weighted by atomic mass is 35.5. The van der Waals surface area contributed by atoms with Crippen molar-refractivity contribution in [3.8, 4) is 11.4 Å². The fourth-order valence-corrected chi connectivity index (χ4v) is 4.45. The van der Waals surface area contributed by atoms with E-state index in [1.807, 2.05) is 36.7 Å². The van der Waals surface area contributed by atoms with E-state index in [1.54, 1.807) is 0 Å². The van der Waals surface area contributed by atoms with Gasteiger partial charge < -0.3 is 4.90 Å². The van der Waals surface area contributed by atoms with Crippen molar-refractivity contribution in [2.75, 3.05) is 24.5 Å². The number of piperidine rings is 1. The molecule has 0 aliphatic carbocycles. The molecule has 0 unspecified atom stereocenters. The van der Waals surface area contributed by atoms with Gasteiger partial charge in [0.1, 0.15) is 5.82 Å². The first-order valence-electron chi connectivity index (χ1n) is 10.8. The predicted octanol–water partition coefficient (Wildman–Crippen LogP) is 4.74. The number of hydrogen-bond donors (Lipinski definition) is 0. The Morgan fingerprint density at radius 2 is 1.70 bits per heavy atom. The molecule has 0 N–H and O–H groups in total. The lowest BCUT2D eigenvalue weighted by molar-refractivity contribution is 0.242. The average Bonchev–Trinajstić information content (AvgIpc) is 2.80. The Labute approximate surface area is 182 Å². The third kappa shape index (κ3) is 4.32. The minimum Gasteiger partial charge on any atom is -0.357 e. The van der Waals surface area contributed by atoms with E-state index in [0.717, 1.165) is 67.1 Å². The number of fused-ring (bicyclic) bond motifs is 1. The molecule has 4 heterocycles. The van der Waals surface area contributed by atoms with Crippen molar-refractivity contribution < 1.29 is 0 Å². The summed E-state index contributed by atoms with van der Waals surface area (Å²) < 4.78 is 0. The van der Waals surface area contributed by atoms with E-state index >= 15 is 0 Å². The first kappa shape index (κ1) is 19.5. The Kier molecular flexibility index (Phi) is 5.65. The summed E-state index contributed by atoms with van der Waals surface area (Å²) in [5.41, 5.74) is 4.64. The van der Waals surface area contributed by atoms with Crippen molar-refractivity contribution >= 4 is 17.4 Å². The molecule has 1 saturated heterocycles. The van der Waals surface area contributed by atoms with Crippen molar-refractivity contribution in [3.05, 3.63) is 70.6 Å². The number of aromatic nitrogens is 3. The zero-order valence-corrected chi connectivity index (χ0v) is 17.9. The summed E-state index contributed by atoms with van der Waals surface area (Å²) in [6.07, 6.45) is 8.86. The first-order valence-corrected chi connectivity index (χ1v) is 11.2. The number of rotatable bonds is 4. The molecule has 0 spiro atoms. The van der Waals surface area contributed by atoms with Gasteiger partial charge in [0, 0.05) is 67.7 Å². The summed E-state index contributed by atoms with van der Waals surface area (Å²) in [5.74, 6) is 1.89. The van der Waals surface area contributed by atoms with Crippen LogP contribution < -0.4 is 4.90 Å². The van der Waals surface area contributed by atoms with Gasteiger partial charge in [-0.2, -0.15) is 0 Å². The second kappa shape index (κ2) is 8.70. The Morgan fingerprint density at radius 3 is 2.47 bits per heavy atom. The van der Waals surface area contributed by atoms with Gasteiger partial charge in [-0.15, -0.1) is 0 Å². The quantitative estimate of drug-likeness (QED) is 0.611. The van der Waals surface area contributed by atoms with Crippen LogP contribution in [0.1, 0.15) is 36.1 Å². The molecule has 0 saturated carbocycles. The molecular formula is C24H26ClN5. The Bertz CT molecular complexity index is 997. The topological polar surface area (TPSA) is 45.2 Å². The average molecular weight is 420 g/mol. The zero-order chi connectivity index (χ0) is 20.3. The molecule has 1 fully saturated rings. The highest BCUT2D eigenvalue weighted by Crippen LogP contribution is 2.24. The van der Waals surface area contributed by atoms with Crippen LogP contribution in [0.3, 0.4) is 0 Å². The van der Waals surface area contributed by atoms with E-state index in [0.29, 0.717) is 0 Å². The summed E-state index contributed by atoms with van der Waals surface area (Å²) in [7, 11) is 0. The standard InChI is InChI=1S/C24H26ClN5/c25-21-7-5-19(6-8-21)24-27-15-20-17-29(13-10-22(20)28-24)16-18-4-9-23(26-14-18)30-11-2-1-3-12-30/h4-9,14-15H,1-3,10-13,16-17H2. The molecule has 0 atom stereocenters. The maximum Gasteiger partial charge on any atom is 0.159 e. The summed E-state index contributed by atoms with van der Waals surface area (Å²) >= 11 is 5.99. The summed E-state index contributed by atoms with van der Waals surface area (Å²) in [5, 5.41) is 0.728. The zero-order valence-electron chi connectivity index (χ0n) is 17.1. The van der Waals surface area contributed by atoms with E-state index in [4.69, 9.17) is 21.6 Å². The van der Waals surface area contributed by atoms with Crippen LogP contribution in [0.4, 0.5) is 5.82 Å². The molecule has 154 valence electrons. The van der Waals surface area contributed by atoms with E-state index in [1.165, 1.54) is 30.4 Å². The number of benzene rings is 1. The molecule has 5 rings (SSSR count). The molecule has 6 heteroatoms. The Hall–Kier alpha value is -2.50. The molecule has 0 radical (unpaired) electrons. The maximum absolute atomic E-state index is 5.99. The molecule has 1 aromatic carbocycles. The van der Waals surface area contributed by atoms with E-state index in [9.17, 15) is 0 Å². The molecule has 5 nitrogen and oxygen atoms in total. The largest absolute Gasteiger partial charge is 0.357 e. The predicted molar refractivity (Wildman–Crippen MR) is 121 cm³/mol. The van der Waals surface area contributed by atoms with Crippen LogP contribution in [0.25, 0.3) is 11.4 Å². The van der Waals surface area contributed by atoms with Crippen molar-refractivity contribution in [1.29, 1.82) is 0 Å². The lowest BCUT2D eigenvalue weighted by atomic mass is 10.1. The van der Waals surface area contributed by atoms with Crippen LogP contribution in [0, 0.1) is 0 Å². The third-order valence-electron chi connectivity index (χ3n) is 6.01. The van der Waals surface area contributed by atoms with Crippen LogP contribution in [0.15, 0.2) is 48.8 Å². The molecule has 0 amide bonds. The molecular weight excluding hydrogens is 394 g/mol. The van der Waals surface area contributed by atoms with Crippen LogP contribution in [0.5, 0.6) is 0 Å². The fraction of sp³-hybridized carbons (Fsp3) is 0.375. The van der Waals surface area contributed by atoms with Crippen molar-refractivity contribution in [2.45, 2.75) is 38.8 Å². The third-order valence-corrected chi connectivity index (χ3v) is 6.26. The number of anilines is 1. The molecule has 3 aromatic rings. The normalized spacial score (nSPS) is 17.0. The lowest BCUT2D eigenvalue weighted by Crippen LogP contribution is -2.31. The van der Waals surface area contributed by atoms with Gasteiger partial charge in [0.15, 0.2) is 5.82 Å². The van der Waals surface area contributed by atoms with Gasteiger partial charge in [-0.1, -0.05) is 17.7 Å². The molecule has 30 heavy (non-hydrogen) atoms. The van der Waals surface area contributed by atoms with Crippen LogP contribution in [0.2, 0.25) is 5.02 Å². The van der Waals surface area contributed by atoms with E-state index < -0.39 is 0 Å². The summed E-state index contributed by atoms with van der Waals surface area (Å²) in [6.45, 7) is 5.05. The number of hydrogen-bond acceptors (Lipinski definition) is 5. The highest BCUT2D eigenvalue weighted by Gasteiger charge is 2.19. The Morgan fingerprint density at radius 1 is 0.867 bits per heavy atom. The first-order chi connectivity index (χ1) is 14.7. The van der Waals surface area contributed by atoms with Crippen molar-refractivity contribution in [1.82, 2.24) is 19.9 Å². The van der Waals surface area contributed by atoms with E-state index in [2.05, 4.69) is 26.9 Å². The fourth-order valence-electron chi connectivity index (χ4n) is 4.33. The summed E-state index contributed by atoms with van der Waals surface area (Å²) in [4.78, 5) is 19.0. The van der Waals surface area contributed by atoms with Gasteiger partial charge in [0.25, 0.3) is 0 Å². The van der Waals surface area contributed by atoms with Crippen LogP contribution in [-0.4, -0.2) is 39.5 Å². The molecule has 2 aliphatic heterocycles. The second-order valence-corrected chi connectivity index (χ2v) is 8.64. The number of nitrogens with zero attached hydrogens (tertiary/aromatic N) is 5. The lowest BCUT2D eigenvalue weighted by Gasteiger charge is -2.29. The molecule has 2 aromatic heterocycles. The Balaban J connectivity index is 1.24. The smallest absolute Gasteiger partial charge is 0.159 e. The maximum atomic E-state index is 5.99. The molecule has 2 aliphatic rings. The van der Waals surface area contributed by atoms with Gasteiger partial charge in [-0.3, -0.25) is 4.90 Å². The summed E-state index contributed by atoms with van der Waals surface area (Å²) in [6, 6.07) is 12.1. The van der Waals surface area contributed by atoms with Gasteiger partial charge in [0.05, 0.1) is 5.69 Å². The minimum absolute atomic E-state index is 0.728. The SMILES string of the molecule is Clc1ccc(-c2ncc3c(n2)CCN(Cc2ccc(N4CCCCC4)nc2)C3)cc1. The van der Waals surface area contributed by atoms with Crippen molar-refractivity contribution in [3.63, 3.8) is 0 Å². The highest BCUT2D eigenvalue weighted by molar-refractivity contribution is 6.30. The van der Waals surface area contributed by atoms with Gasteiger partial charge >= 0.3 is 0 Å².